The van der Waals surface area contributed by atoms with Crippen LogP contribution >= 0.6 is 11.3 Å². The zero-order valence-electron chi connectivity index (χ0n) is 24.1. The largest absolute Gasteiger partial charge is 0.378 e. The Bertz CT molecular complexity index is 1470. The molecule has 42 heavy (non-hydrogen) atoms. The van der Waals surface area contributed by atoms with Gasteiger partial charge in [-0.05, 0) is 73.2 Å². The SMILES string of the molecule is Cc1ncsc1C(=O)N1N=C2/C(=C/c3ccc(N4CCOCC4)cc3)CCC[C@H]2[C@H]1c1ccc(N2CCOCC2)cc1. The summed E-state index contributed by atoms with van der Waals surface area (Å²) in [4.78, 5) is 23.7. The van der Waals surface area contributed by atoms with Crippen LogP contribution in [-0.4, -0.2) is 74.2 Å². The molecule has 2 saturated heterocycles. The second kappa shape index (κ2) is 12.0. The average Bonchev–Trinajstić information content (AvgIpc) is 3.66. The molecule has 3 aromatic rings. The van der Waals surface area contributed by atoms with Crippen molar-refractivity contribution < 1.29 is 14.3 Å². The Hall–Kier alpha value is -3.53. The fourth-order valence-corrected chi connectivity index (χ4v) is 7.35. The van der Waals surface area contributed by atoms with Crippen molar-refractivity contribution in [2.45, 2.75) is 32.2 Å². The van der Waals surface area contributed by atoms with E-state index in [1.807, 2.05) is 6.92 Å². The van der Waals surface area contributed by atoms with E-state index in [2.05, 4.69) is 69.4 Å². The third kappa shape index (κ3) is 5.37. The number of aromatic nitrogens is 1. The highest BCUT2D eigenvalue weighted by Crippen LogP contribution is 2.45. The normalized spacial score (nSPS) is 23.7. The molecule has 2 atom stereocenters. The minimum atomic E-state index is -0.139. The number of thiazole rings is 1. The molecule has 1 saturated carbocycles. The Morgan fingerprint density at radius 3 is 2.12 bits per heavy atom. The molecule has 4 aliphatic rings. The third-order valence-corrected chi connectivity index (χ3v) is 9.79. The average molecular weight is 584 g/mol. The van der Waals surface area contributed by atoms with E-state index >= 15 is 0 Å². The number of benzene rings is 2. The maximum Gasteiger partial charge on any atom is 0.286 e. The number of hydrazone groups is 1. The molecular weight excluding hydrogens is 546 g/mol. The molecular formula is C33H37N5O3S. The first-order valence-corrected chi connectivity index (χ1v) is 15.9. The van der Waals surface area contributed by atoms with Gasteiger partial charge in [0, 0.05) is 43.5 Å². The highest BCUT2D eigenvalue weighted by atomic mass is 32.1. The van der Waals surface area contributed by atoms with Gasteiger partial charge in [0.05, 0.1) is 49.4 Å². The van der Waals surface area contributed by atoms with Gasteiger partial charge in [-0.15, -0.1) is 11.3 Å². The van der Waals surface area contributed by atoms with Crippen LogP contribution in [0, 0.1) is 12.8 Å². The summed E-state index contributed by atoms with van der Waals surface area (Å²) < 4.78 is 11.1. The maximum absolute atomic E-state index is 14.0. The van der Waals surface area contributed by atoms with Crippen molar-refractivity contribution in [2.75, 3.05) is 62.4 Å². The second-order valence-electron chi connectivity index (χ2n) is 11.4. The summed E-state index contributed by atoms with van der Waals surface area (Å²) in [6, 6.07) is 17.4. The number of rotatable bonds is 5. The molecule has 0 spiro atoms. The Morgan fingerprint density at radius 1 is 0.905 bits per heavy atom. The highest BCUT2D eigenvalue weighted by molar-refractivity contribution is 7.11. The first kappa shape index (κ1) is 27.3. The summed E-state index contributed by atoms with van der Waals surface area (Å²) in [7, 11) is 0. The number of ether oxygens (including phenoxy) is 2. The number of morpholine rings is 2. The number of fused-ring (bicyclic) bond motifs is 1. The molecule has 3 fully saturated rings. The summed E-state index contributed by atoms with van der Waals surface area (Å²) in [6.45, 7) is 8.62. The first-order valence-electron chi connectivity index (χ1n) is 15.0. The van der Waals surface area contributed by atoms with Crippen LogP contribution in [0.3, 0.4) is 0 Å². The predicted octanol–water partition coefficient (Wildman–Crippen LogP) is 5.56. The van der Waals surface area contributed by atoms with E-state index in [1.54, 1.807) is 10.5 Å². The highest BCUT2D eigenvalue weighted by Gasteiger charge is 2.44. The number of anilines is 2. The minimum absolute atomic E-state index is 0.0617. The lowest BCUT2D eigenvalue weighted by atomic mass is 9.77. The molecule has 3 aliphatic heterocycles. The molecule has 0 bridgehead atoms. The fraction of sp³-hybridized carbons (Fsp3) is 0.424. The quantitative estimate of drug-likeness (QED) is 0.392. The van der Waals surface area contributed by atoms with Crippen molar-refractivity contribution in [3.05, 3.63) is 81.3 Å². The zero-order chi connectivity index (χ0) is 28.5. The van der Waals surface area contributed by atoms with Gasteiger partial charge < -0.3 is 19.3 Å². The van der Waals surface area contributed by atoms with Crippen LogP contribution in [0.2, 0.25) is 0 Å². The van der Waals surface area contributed by atoms with E-state index in [1.165, 1.54) is 33.8 Å². The van der Waals surface area contributed by atoms with Gasteiger partial charge >= 0.3 is 0 Å². The van der Waals surface area contributed by atoms with Gasteiger partial charge in [-0.2, -0.15) is 5.10 Å². The topological polar surface area (TPSA) is 70.5 Å². The van der Waals surface area contributed by atoms with Crippen LogP contribution in [-0.2, 0) is 9.47 Å². The summed E-state index contributed by atoms with van der Waals surface area (Å²) in [6.07, 6.45) is 5.32. The molecule has 4 heterocycles. The van der Waals surface area contributed by atoms with Crippen molar-refractivity contribution in [3.63, 3.8) is 0 Å². The minimum Gasteiger partial charge on any atom is -0.378 e. The monoisotopic (exact) mass is 583 g/mol. The lowest BCUT2D eigenvalue weighted by molar-refractivity contribution is 0.0685. The van der Waals surface area contributed by atoms with E-state index in [9.17, 15) is 4.79 Å². The Balaban J connectivity index is 1.20. The molecule has 7 rings (SSSR count). The van der Waals surface area contributed by atoms with Gasteiger partial charge in [0.25, 0.3) is 5.91 Å². The number of hydrogen-bond donors (Lipinski definition) is 0. The van der Waals surface area contributed by atoms with Crippen molar-refractivity contribution in [1.29, 1.82) is 0 Å². The number of hydrogen-bond acceptors (Lipinski definition) is 8. The molecule has 0 radical (unpaired) electrons. The standard InChI is InChI=1S/C33H37N5O3S/c1-23-32(42-22-34-23)33(39)38-31(25-7-11-28(12-8-25)37-15-19-41-20-16-37)29-4-2-3-26(30(29)35-38)21-24-5-9-27(10-6-24)36-13-17-40-18-14-36/h5-12,21-22,29,31H,2-4,13-20H2,1H3/b26-21+/t29-,31-/m1/s1. The number of amides is 1. The molecule has 0 unspecified atom stereocenters. The van der Waals surface area contributed by atoms with Gasteiger partial charge in [-0.25, -0.2) is 9.99 Å². The van der Waals surface area contributed by atoms with Crippen LogP contribution in [0.25, 0.3) is 6.08 Å². The first-order chi connectivity index (χ1) is 20.7. The van der Waals surface area contributed by atoms with Crippen LogP contribution < -0.4 is 9.80 Å². The lowest BCUT2D eigenvalue weighted by Gasteiger charge is -2.31. The zero-order valence-corrected chi connectivity index (χ0v) is 24.9. The predicted molar refractivity (Wildman–Crippen MR) is 167 cm³/mol. The van der Waals surface area contributed by atoms with Gasteiger partial charge in [0.15, 0.2) is 0 Å². The van der Waals surface area contributed by atoms with Crippen molar-refractivity contribution >= 4 is 40.4 Å². The van der Waals surface area contributed by atoms with E-state index < -0.39 is 0 Å². The summed E-state index contributed by atoms with van der Waals surface area (Å²) >= 11 is 1.40. The molecule has 0 N–H and O–H groups in total. The number of aryl methyl sites for hydroxylation is 1. The number of carbonyl (C=O) groups excluding carboxylic acids is 1. The fourth-order valence-electron chi connectivity index (χ4n) is 6.62. The molecule has 1 amide bonds. The summed E-state index contributed by atoms with van der Waals surface area (Å²) in [5, 5.41) is 6.86. The number of carbonyl (C=O) groups is 1. The molecule has 2 aromatic carbocycles. The van der Waals surface area contributed by atoms with Crippen molar-refractivity contribution in [1.82, 2.24) is 9.99 Å². The van der Waals surface area contributed by atoms with Crippen LogP contribution in [0.15, 0.2) is 64.7 Å². The molecule has 8 nitrogen and oxygen atoms in total. The lowest BCUT2D eigenvalue weighted by Crippen LogP contribution is -2.36. The molecule has 1 aliphatic carbocycles. The smallest absolute Gasteiger partial charge is 0.286 e. The van der Waals surface area contributed by atoms with Crippen LogP contribution in [0.4, 0.5) is 11.4 Å². The Kier molecular flexibility index (Phi) is 7.80. The Labute approximate surface area is 251 Å². The van der Waals surface area contributed by atoms with E-state index in [4.69, 9.17) is 14.6 Å². The van der Waals surface area contributed by atoms with Crippen LogP contribution in [0.1, 0.15) is 51.8 Å². The van der Waals surface area contributed by atoms with E-state index in [-0.39, 0.29) is 17.9 Å². The van der Waals surface area contributed by atoms with Crippen molar-refractivity contribution in [3.8, 4) is 0 Å². The Morgan fingerprint density at radius 2 is 1.52 bits per heavy atom. The van der Waals surface area contributed by atoms with Crippen molar-refractivity contribution in [2.24, 2.45) is 11.0 Å². The molecule has 218 valence electrons. The van der Waals surface area contributed by atoms with Gasteiger partial charge in [-0.1, -0.05) is 24.3 Å². The van der Waals surface area contributed by atoms with Gasteiger partial charge in [0.1, 0.15) is 4.88 Å². The number of allylic oxidation sites excluding steroid dienone is 1. The summed E-state index contributed by atoms with van der Waals surface area (Å²) in [5.74, 6) is 0.0948. The summed E-state index contributed by atoms with van der Waals surface area (Å²) in [5.41, 5.74) is 9.52. The van der Waals surface area contributed by atoms with E-state index in [0.29, 0.717) is 4.88 Å². The van der Waals surface area contributed by atoms with Crippen LogP contribution in [0.5, 0.6) is 0 Å². The van der Waals surface area contributed by atoms with E-state index in [0.717, 1.165) is 88.8 Å². The maximum atomic E-state index is 14.0. The van der Waals surface area contributed by atoms with Gasteiger partial charge in [-0.3, -0.25) is 4.79 Å². The third-order valence-electron chi connectivity index (χ3n) is 8.87. The van der Waals surface area contributed by atoms with Gasteiger partial charge in [0.2, 0.25) is 0 Å². The second-order valence-corrected chi connectivity index (χ2v) is 12.3. The number of nitrogens with zero attached hydrogens (tertiary/aromatic N) is 5. The molecule has 9 heteroatoms. The molecule has 1 aromatic heterocycles.